The number of alkyl halides is 3. The Hall–Kier alpha value is -1.31. The highest BCUT2D eigenvalue weighted by molar-refractivity contribution is 6.30. The summed E-state index contributed by atoms with van der Waals surface area (Å²) in [4.78, 5) is 0. The van der Waals surface area contributed by atoms with Crippen molar-refractivity contribution in [2.45, 2.75) is 26.4 Å². The highest BCUT2D eigenvalue weighted by atomic mass is 35.5. The summed E-state index contributed by atoms with van der Waals surface area (Å²) in [5, 5.41) is -0.568. The third-order valence-corrected chi connectivity index (χ3v) is 4.72. The van der Waals surface area contributed by atoms with E-state index in [1.54, 1.807) is 0 Å². The largest absolute Gasteiger partial charge is 0.410 e. The van der Waals surface area contributed by atoms with E-state index in [0.717, 1.165) is 0 Å². The van der Waals surface area contributed by atoms with Crippen molar-refractivity contribution in [3.63, 3.8) is 0 Å². The van der Waals surface area contributed by atoms with Crippen LogP contribution in [0.3, 0.4) is 0 Å². The van der Waals surface area contributed by atoms with Gasteiger partial charge in [-0.25, -0.2) is 22.0 Å². The molecule has 9 heteroatoms. The molecule has 0 aliphatic heterocycles. The zero-order valence-electron chi connectivity index (χ0n) is 12.3. The van der Waals surface area contributed by atoms with Crippen LogP contribution in [0.1, 0.15) is 19.4 Å². The number of halogens is 9. The van der Waals surface area contributed by atoms with Gasteiger partial charge in [-0.2, -0.15) is 13.2 Å². The Kier molecular flexibility index (Phi) is 4.67. The lowest BCUT2D eigenvalue weighted by atomic mass is 10.0. The maximum absolute atomic E-state index is 13.7. The van der Waals surface area contributed by atoms with E-state index in [1.165, 1.54) is 13.8 Å². The second-order valence-electron chi connectivity index (χ2n) is 6.23. The summed E-state index contributed by atoms with van der Waals surface area (Å²) in [7, 11) is 0. The maximum Gasteiger partial charge on any atom is 0.410 e. The standard InChI is InChI=1S/C15H11ClF8/c1-14(2)6(8(14)7(16)4-15(22,23)24)3-5-9(17)11(19)13(21)12(20)10(5)18/h4,6,8H,3H2,1-2H3/b7-4-/t6-,8-/m0/s1. The van der Waals surface area contributed by atoms with Crippen molar-refractivity contribution in [1.29, 1.82) is 0 Å². The molecule has 0 aromatic heterocycles. The summed E-state index contributed by atoms with van der Waals surface area (Å²) in [6.07, 6.45) is -5.43. The Morgan fingerprint density at radius 3 is 1.79 bits per heavy atom. The van der Waals surface area contributed by atoms with E-state index in [0.29, 0.717) is 0 Å². The lowest BCUT2D eigenvalue weighted by molar-refractivity contribution is -0.0803. The van der Waals surface area contributed by atoms with Crippen LogP contribution >= 0.6 is 11.6 Å². The Bertz CT molecular complexity index is 675. The molecule has 0 saturated heterocycles. The summed E-state index contributed by atoms with van der Waals surface area (Å²) in [6, 6.07) is 0. The molecule has 1 saturated carbocycles. The highest BCUT2D eigenvalue weighted by Gasteiger charge is 2.59. The zero-order chi connectivity index (χ0) is 18.6. The van der Waals surface area contributed by atoms with Crippen LogP contribution in [-0.4, -0.2) is 6.18 Å². The van der Waals surface area contributed by atoms with Gasteiger partial charge in [-0.05, 0) is 17.8 Å². The van der Waals surface area contributed by atoms with E-state index in [1.807, 2.05) is 0 Å². The van der Waals surface area contributed by atoms with Gasteiger partial charge in [0.2, 0.25) is 5.82 Å². The van der Waals surface area contributed by atoms with E-state index < -0.39 is 69.5 Å². The molecular weight excluding hydrogens is 368 g/mol. The smallest absolute Gasteiger partial charge is 0.203 e. The second kappa shape index (κ2) is 5.89. The molecule has 0 unspecified atom stereocenters. The highest BCUT2D eigenvalue weighted by Crippen LogP contribution is 2.64. The lowest BCUT2D eigenvalue weighted by Gasteiger charge is -2.09. The van der Waals surface area contributed by atoms with Gasteiger partial charge in [0, 0.05) is 22.6 Å². The second-order valence-corrected chi connectivity index (χ2v) is 6.67. The van der Waals surface area contributed by atoms with Gasteiger partial charge in [-0.1, -0.05) is 25.4 Å². The first-order valence-corrected chi connectivity index (χ1v) is 7.12. The van der Waals surface area contributed by atoms with E-state index in [4.69, 9.17) is 11.6 Å². The number of allylic oxidation sites excluding steroid dienone is 2. The van der Waals surface area contributed by atoms with E-state index >= 15 is 0 Å². The van der Waals surface area contributed by atoms with Crippen LogP contribution in [0.2, 0.25) is 0 Å². The fourth-order valence-electron chi connectivity index (χ4n) is 2.97. The molecular formula is C15H11ClF8. The summed E-state index contributed by atoms with van der Waals surface area (Å²) in [5.74, 6) is -12.1. The van der Waals surface area contributed by atoms with Crippen LogP contribution in [0.4, 0.5) is 35.1 Å². The number of rotatable bonds is 3. The first-order valence-electron chi connectivity index (χ1n) is 6.74. The molecule has 134 valence electrons. The number of hydrogen-bond donors (Lipinski definition) is 0. The molecule has 0 heterocycles. The molecule has 1 fully saturated rings. The van der Waals surface area contributed by atoms with Crippen LogP contribution in [0.5, 0.6) is 0 Å². The van der Waals surface area contributed by atoms with Gasteiger partial charge in [0.1, 0.15) is 0 Å². The average molecular weight is 379 g/mol. The molecule has 24 heavy (non-hydrogen) atoms. The molecule has 2 rings (SSSR count). The zero-order valence-corrected chi connectivity index (χ0v) is 13.1. The van der Waals surface area contributed by atoms with Gasteiger partial charge >= 0.3 is 6.18 Å². The predicted octanol–water partition coefficient (Wildman–Crippen LogP) is 5.88. The van der Waals surface area contributed by atoms with Gasteiger partial charge in [0.25, 0.3) is 0 Å². The molecule has 0 nitrogen and oxygen atoms in total. The van der Waals surface area contributed by atoms with Crippen molar-refractivity contribution in [3.8, 4) is 0 Å². The molecule has 0 bridgehead atoms. The van der Waals surface area contributed by atoms with Crippen LogP contribution in [-0.2, 0) is 6.42 Å². The maximum atomic E-state index is 13.7. The SMILES string of the molecule is CC1(C)[C@H](/C(Cl)=C/C(F)(F)F)[C@@H]1Cc1c(F)c(F)c(F)c(F)c1F. The summed E-state index contributed by atoms with van der Waals surface area (Å²) in [5.41, 5.74) is -1.93. The normalized spacial score (nSPS) is 23.5. The quantitative estimate of drug-likeness (QED) is 0.350. The first kappa shape index (κ1) is 19.0. The van der Waals surface area contributed by atoms with Crippen molar-refractivity contribution in [2.75, 3.05) is 0 Å². The fourth-order valence-corrected chi connectivity index (χ4v) is 3.53. The minimum Gasteiger partial charge on any atom is -0.203 e. The third kappa shape index (κ3) is 3.25. The monoisotopic (exact) mass is 378 g/mol. The number of hydrogen-bond acceptors (Lipinski definition) is 0. The van der Waals surface area contributed by atoms with Crippen LogP contribution in [0, 0.1) is 46.3 Å². The molecule has 0 amide bonds. The number of benzene rings is 1. The molecule has 1 aliphatic carbocycles. The predicted molar refractivity (Wildman–Crippen MR) is 70.7 cm³/mol. The summed E-state index contributed by atoms with van der Waals surface area (Å²) in [6.45, 7) is 3.00. The van der Waals surface area contributed by atoms with Gasteiger partial charge < -0.3 is 0 Å². The Balaban J connectivity index is 2.35. The van der Waals surface area contributed by atoms with E-state index in [9.17, 15) is 35.1 Å². The fraction of sp³-hybridized carbons (Fsp3) is 0.467. The van der Waals surface area contributed by atoms with E-state index in [2.05, 4.69) is 0 Å². The van der Waals surface area contributed by atoms with Crippen molar-refractivity contribution in [1.82, 2.24) is 0 Å². The Labute approximate surface area is 137 Å². The Morgan fingerprint density at radius 1 is 0.958 bits per heavy atom. The molecule has 0 spiro atoms. The van der Waals surface area contributed by atoms with Crippen LogP contribution in [0.15, 0.2) is 11.1 Å². The Morgan fingerprint density at radius 2 is 1.38 bits per heavy atom. The van der Waals surface area contributed by atoms with E-state index in [-0.39, 0.29) is 6.08 Å². The molecule has 2 atom stereocenters. The lowest BCUT2D eigenvalue weighted by Crippen LogP contribution is -2.09. The first-order chi connectivity index (χ1) is 10.8. The van der Waals surface area contributed by atoms with Crippen LogP contribution in [0.25, 0.3) is 0 Å². The summed E-state index contributed by atoms with van der Waals surface area (Å²) < 4.78 is 104. The summed E-state index contributed by atoms with van der Waals surface area (Å²) >= 11 is 5.62. The molecule has 1 aromatic rings. The average Bonchev–Trinajstić information content (AvgIpc) is 2.98. The van der Waals surface area contributed by atoms with Gasteiger partial charge in [0.05, 0.1) is 0 Å². The van der Waals surface area contributed by atoms with Gasteiger partial charge in [0.15, 0.2) is 23.3 Å². The minimum absolute atomic E-state index is 0.139. The van der Waals surface area contributed by atoms with Gasteiger partial charge in [-0.15, -0.1) is 0 Å². The van der Waals surface area contributed by atoms with Gasteiger partial charge in [-0.3, -0.25) is 0 Å². The van der Waals surface area contributed by atoms with Crippen molar-refractivity contribution in [3.05, 3.63) is 45.8 Å². The van der Waals surface area contributed by atoms with Crippen molar-refractivity contribution in [2.24, 2.45) is 17.3 Å². The topological polar surface area (TPSA) is 0 Å². The molecule has 0 N–H and O–H groups in total. The molecule has 1 aliphatic rings. The minimum atomic E-state index is -4.68. The van der Waals surface area contributed by atoms with Crippen molar-refractivity contribution >= 4 is 11.6 Å². The third-order valence-electron chi connectivity index (χ3n) is 4.37. The van der Waals surface area contributed by atoms with Crippen molar-refractivity contribution < 1.29 is 35.1 Å². The molecule has 1 aromatic carbocycles. The molecule has 0 radical (unpaired) electrons. The van der Waals surface area contributed by atoms with Crippen LogP contribution < -0.4 is 0 Å².